The van der Waals surface area contributed by atoms with Gasteiger partial charge in [-0.1, -0.05) is 70.4 Å². The van der Waals surface area contributed by atoms with Crippen molar-refractivity contribution in [3.05, 3.63) is 59.7 Å². The number of rotatable bonds is 19. The van der Waals surface area contributed by atoms with Gasteiger partial charge >= 0.3 is 6.92 Å². The molecule has 0 aromatic heterocycles. The van der Waals surface area contributed by atoms with Crippen molar-refractivity contribution < 1.29 is 24.2 Å². The number of nitrogens with two attached hydrogens (primary N) is 1. The maximum absolute atomic E-state index is 13.3. The van der Waals surface area contributed by atoms with Crippen molar-refractivity contribution in [1.29, 1.82) is 0 Å². The lowest BCUT2D eigenvalue weighted by molar-refractivity contribution is -0.132. The van der Waals surface area contributed by atoms with Crippen LogP contribution in [0.25, 0.3) is 11.1 Å². The van der Waals surface area contributed by atoms with Gasteiger partial charge in [-0.15, -0.1) is 0 Å². The Labute approximate surface area is 275 Å². The normalized spacial score (nSPS) is 13.7. The van der Waals surface area contributed by atoms with E-state index in [2.05, 4.69) is 52.5 Å². The topological polar surface area (TPSA) is 163 Å². The van der Waals surface area contributed by atoms with Crippen LogP contribution in [0, 0.1) is 5.92 Å². The summed E-state index contributed by atoms with van der Waals surface area (Å²) >= 11 is 0. The second-order valence-corrected chi connectivity index (χ2v) is 12.6. The fraction of sp³-hybridized carbons (Fsp3) is 0.543. The fourth-order valence-electron chi connectivity index (χ4n) is 4.89. The van der Waals surface area contributed by atoms with Crippen molar-refractivity contribution in [1.82, 2.24) is 21.3 Å². The van der Waals surface area contributed by atoms with Gasteiger partial charge in [0.25, 0.3) is 5.91 Å². The second kappa shape index (κ2) is 19.7. The van der Waals surface area contributed by atoms with Crippen molar-refractivity contribution in [3.63, 3.8) is 0 Å². The van der Waals surface area contributed by atoms with E-state index in [-0.39, 0.29) is 5.92 Å². The van der Waals surface area contributed by atoms with E-state index >= 15 is 0 Å². The zero-order valence-electron chi connectivity index (χ0n) is 28.4. The van der Waals surface area contributed by atoms with Gasteiger partial charge in [-0.05, 0) is 93.7 Å². The number of hydrogen-bond acceptors (Lipinski definition) is 6. The lowest BCUT2D eigenvalue weighted by Crippen LogP contribution is -2.57. The SMILES string of the molecule is CCCCc1ccc(-c2ccc(C(=O)N[C@@H](CCCCN)C(=O)N[C@@H](C)C(=O)N[C@@H](CC(C)C)C(=O)N[C@@H](C)B(C)O)cc2)cc1. The predicted molar refractivity (Wildman–Crippen MR) is 185 cm³/mol. The molecule has 0 heterocycles. The summed E-state index contributed by atoms with van der Waals surface area (Å²) in [5, 5.41) is 20.8. The fourth-order valence-corrected chi connectivity index (χ4v) is 4.89. The average Bonchev–Trinajstić information content (AvgIpc) is 3.02. The molecule has 2 aromatic rings. The number of carbonyl (C=O) groups excluding carboxylic acids is 4. The Kier molecular flexibility index (Phi) is 16.5. The Balaban J connectivity index is 2.07. The van der Waals surface area contributed by atoms with Gasteiger partial charge < -0.3 is 32.0 Å². The molecule has 0 unspecified atom stereocenters. The summed E-state index contributed by atoms with van der Waals surface area (Å²) in [6.07, 6.45) is 5.38. The van der Waals surface area contributed by atoms with Gasteiger partial charge in [-0.3, -0.25) is 19.2 Å². The number of aryl methyl sites for hydroxylation is 1. The van der Waals surface area contributed by atoms with Crippen LogP contribution in [0.15, 0.2) is 48.5 Å². The van der Waals surface area contributed by atoms with Crippen molar-refractivity contribution >= 4 is 30.5 Å². The number of nitrogens with one attached hydrogen (secondary N) is 4. The summed E-state index contributed by atoms with van der Waals surface area (Å²) in [4.78, 5) is 52.5. The van der Waals surface area contributed by atoms with E-state index in [1.54, 1.807) is 25.9 Å². The molecule has 4 atom stereocenters. The largest absolute Gasteiger partial charge is 0.449 e. The second-order valence-electron chi connectivity index (χ2n) is 12.6. The minimum atomic E-state index is -0.967. The lowest BCUT2D eigenvalue weighted by atomic mass is 9.64. The molecule has 252 valence electrons. The van der Waals surface area contributed by atoms with Crippen LogP contribution < -0.4 is 27.0 Å². The maximum atomic E-state index is 13.3. The van der Waals surface area contributed by atoms with Crippen molar-refractivity contribution in [2.24, 2.45) is 11.7 Å². The molecule has 0 aliphatic heterocycles. The molecule has 11 heteroatoms. The van der Waals surface area contributed by atoms with Gasteiger partial charge in [-0.2, -0.15) is 0 Å². The molecule has 0 aliphatic carbocycles. The van der Waals surface area contributed by atoms with E-state index in [4.69, 9.17) is 5.73 Å². The van der Waals surface area contributed by atoms with E-state index < -0.39 is 54.6 Å². The van der Waals surface area contributed by atoms with Gasteiger partial charge in [0.2, 0.25) is 17.7 Å². The van der Waals surface area contributed by atoms with Crippen LogP contribution in [0.2, 0.25) is 6.82 Å². The Morgan fingerprint density at radius 3 is 1.89 bits per heavy atom. The number of unbranched alkanes of at least 4 members (excludes halogenated alkanes) is 2. The van der Waals surface area contributed by atoms with Crippen molar-refractivity contribution in [3.8, 4) is 11.1 Å². The van der Waals surface area contributed by atoms with E-state index in [0.717, 1.165) is 30.4 Å². The van der Waals surface area contributed by atoms with Crippen LogP contribution in [0.3, 0.4) is 0 Å². The highest BCUT2D eigenvalue weighted by Gasteiger charge is 2.29. The molecule has 0 radical (unpaired) electrons. The van der Waals surface area contributed by atoms with E-state index in [1.165, 1.54) is 12.5 Å². The highest BCUT2D eigenvalue weighted by atomic mass is 16.2. The number of carbonyl (C=O) groups is 4. The molecular formula is C35H54BN5O5. The lowest BCUT2D eigenvalue weighted by Gasteiger charge is -2.25. The summed E-state index contributed by atoms with van der Waals surface area (Å²) in [6.45, 7) is 10.5. The van der Waals surface area contributed by atoms with Crippen LogP contribution in [-0.2, 0) is 20.8 Å². The van der Waals surface area contributed by atoms with E-state index in [9.17, 15) is 24.2 Å². The molecule has 10 nitrogen and oxygen atoms in total. The smallest absolute Gasteiger partial charge is 0.308 e. The van der Waals surface area contributed by atoms with Gasteiger partial charge in [-0.25, -0.2) is 0 Å². The molecule has 2 rings (SSSR count). The zero-order valence-corrected chi connectivity index (χ0v) is 28.4. The van der Waals surface area contributed by atoms with Crippen LogP contribution >= 0.6 is 0 Å². The third-order valence-electron chi connectivity index (χ3n) is 8.01. The highest BCUT2D eigenvalue weighted by molar-refractivity contribution is 6.50. The summed E-state index contributed by atoms with van der Waals surface area (Å²) in [7, 11) is 0. The number of hydrogen-bond donors (Lipinski definition) is 6. The van der Waals surface area contributed by atoms with Gasteiger partial charge in [0.15, 0.2) is 0 Å². The van der Waals surface area contributed by atoms with Crippen LogP contribution in [0.1, 0.15) is 89.1 Å². The zero-order chi connectivity index (χ0) is 34.2. The molecule has 7 N–H and O–H groups in total. The average molecular weight is 636 g/mol. The first-order valence-electron chi connectivity index (χ1n) is 16.7. The summed E-state index contributed by atoms with van der Waals surface area (Å²) in [5.41, 5.74) is 9.42. The Morgan fingerprint density at radius 2 is 1.35 bits per heavy atom. The summed E-state index contributed by atoms with van der Waals surface area (Å²) in [6, 6.07) is 13.0. The van der Waals surface area contributed by atoms with Gasteiger partial charge in [0.1, 0.15) is 18.1 Å². The van der Waals surface area contributed by atoms with Gasteiger partial charge in [0, 0.05) is 11.5 Å². The van der Waals surface area contributed by atoms with Crippen molar-refractivity contribution in [2.45, 2.75) is 110 Å². The van der Waals surface area contributed by atoms with Crippen LogP contribution in [0.4, 0.5) is 0 Å². The summed E-state index contributed by atoms with van der Waals surface area (Å²) < 4.78 is 0. The Morgan fingerprint density at radius 1 is 0.761 bits per heavy atom. The predicted octanol–water partition coefficient (Wildman–Crippen LogP) is 3.62. The van der Waals surface area contributed by atoms with Gasteiger partial charge in [0.05, 0.1) is 0 Å². The molecule has 46 heavy (non-hydrogen) atoms. The number of benzene rings is 2. The molecule has 0 saturated heterocycles. The molecule has 0 aliphatic rings. The molecule has 0 bridgehead atoms. The molecule has 0 saturated carbocycles. The Hall–Kier alpha value is -3.70. The first-order chi connectivity index (χ1) is 21.9. The first kappa shape index (κ1) is 38.5. The Bertz CT molecular complexity index is 1250. The molecule has 0 fully saturated rings. The molecule has 4 amide bonds. The molecule has 2 aromatic carbocycles. The number of amides is 4. The molecule has 0 spiro atoms. The van der Waals surface area contributed by atoms with E-state index in [1.807, 2.05) is 26.0 Å². The molecular weight excluding hydrogens is 581 g/mol. The standard InChI is InChI=1S/C35H54BN5O5/c1-7-8-11-26-13-15-27(16-14-26)28-17-19-29(20-18-28)33(43)40-30(12-9-10-21-37)34(44)38-24(4)32(42)41-31(22-23(2)3)35(45)39-25(5)36(6)46/h13-20,23-25,30-31,46H,7-12,21-22,37H2,1-6H3,(H,38,44)(H,39,45)(H,40,43)(H,41,42)/t24-,25-,30-,31-/m0/s1. The van der Waals surface area contributed by atoms with E-state index in [0.29, 0.717) is 37.8 Å². The van der Waals surface area contributed by atoms with Crippen molar-refractivity contribution in [2.75, 3.05) is 6.54 Å². The first-order valence-corrected chi connectivity index (χ1v) is 16.7. The van der Waals surface area contributed by atoms with Crippen LogP contribution in [-0.4, -0.2) is 66.2 Å². The quantitative estimate of drug-likeness (QED) is 0.102. The minimum Gasteiger partial charge on any atom is -0.449 e. The monoisotopic (exact) mass is 635 g/mol. The third kappa shape index (κ3) is 13.0. The van der Waals surface area contributed by atoms with Crippen LogP contribution in [0.5, 0.6) is 0 Å². The maximum Gasteiger partial charge on any atom is 0.308 e. The summed E-state index contributed by atoms with van der Waals surface area (Å²) in [5.74, 6) is -2.22. The third-order valence-corrected chi connectivity index (χ3v) is 8.01. The highest BCUT2D eigenvalue weighted by Crippen LogP contribution is 2.21. The minimum absolute atomic E-state index is 0.107.